The molecule has 0 aromatic heterocycles. The summed E-state index contributed by atoms with van der Waals surface area (Å²) in [6.07, 6.45) is 0. The second-order valence-corrected chi connectivity index (χ2v) is 4.60. The number of nitrogens with zero attached hydrogens (tertiary/aromatic N) is 1. The fourth-order valence-electron chi connectivity index (χ4n) is 1.75. The van der Waals surface area contributed by atoms with Crippen molar-refractivity contribution in [3.63, 3.8) is 0 Å². The molecule has 0 amide bonds. The van der Waals surface area contributed by atoms with Crippen molar-refractivity contribution in [3.8, 4) is 11.8 Å². The molecular formula is C15H10BrF2NO. The summed E-state index contributed by atoms with van der Waals surface area (Å²) in [6, 6.07) is 10.8. The van der Waals surface area contributed by atoms with Crippen molar-refractivity contribution in [1.29, 1.82) is 5.26 Å². The zero-order valence-corrected chi connectivity index (χ0v) is 12.0. The van der Waals surface area contributed by atoms with Crippen molar-refractivity contribution in [2.24, 2.45) is 0 Å². The van der Waals surface area contributed by atoms with E-state index in [2.05, 4.69) is 15.9 Å². The highest BCUT2D eigenvalue weighted by molar-refractivity contribution is 9.08. The second-order valence-electron chi connectivity index (χ2n) is 4.04. The van der Waals surface area contributed by atoms with Gasteiger partial charge in [0.25, 0.3) is 0 Å². The zero-order chi connectivity index (χ0) is 14.5. The summed E-state index contributed by atoms with van der Waals surface area (Å²) in [4.78, 5) is 0. The van der Waals surface area contributed by atoms with Gasteiger partial charge in [-0.25, -0.2) is 8.78 Å². The molecule has 0 aliphatic heterocycles. The number of rotatable bonds is 4. The minimum atomic E-state index is -0.633. The molecule has 0 unspecified atom stereocenters. The van der Waals surface area contributed by atoms with Crippen LogP contribution < -0.4 is 4.74 Å². The molecule has 2 aromatic carbocycles. The van der Waals surface area contributed by atoms with Crippen LogP contribution in [0, 0.1) is 23.0 Å². The Kier molecular flexibility index (Phi) is 4.70. The van der Waals surface area contributed by atoms with Crippen LogP contribution in [-0.4, -0.2) is 0 Å². The van der Waals surface area contributed by atoms with Gasteiger partial charge in [-0.15, -0.1) is 0 Å². The van der Waals surface area contributed by atoms with Crippen molar-refractivity contribution < 1.29 is 13.5 Å². The standard InChI is InChI=1S/C15H10BrF2NO/c16-7-10-3-2-6-13(17)15(10)20-9-12-5-1-4-11(8-19)14(12)18/h1-6H,7,9H2. The number of benzene rings is 2. The van der Waals surface area contributed by atoms with E-state index in [1.165, 1.54) is 18.2 Å². The monoisotopic (exact) mass is 337 g/mol. The van der Waals surface area contributed by atoms with Gasteiger partial charge in [0.05, 0.1) is 5.56 Å². The molecule has 5 heteroatoms. The highest BCUT2D eigenvalue weighted by Gasteiger charge is 2.12. The summed E-state index contributed by atoms with van der Waals surface area (Å²) in [5.74, 6) is -1.04. The molecule has 2 rings (SSSR count). The van der Waals surface area contributed by atoms with Gasteiger partial charge >= 0.3 is 0 Å². The van der Waals surface area contributed by atoms with Crippen LogP contribution in [-0.2, 0) is 11.9 Å². The van der Waals surface area contributed by atoms with Gasteiger partial charge in [0, 0.05) is 16.5 Å². The first-order valence-corrected chi connectivity index (χ1v) is 6.93. The highest BCUT2D eigenvalue weighted by Crippen LogP contribution is 2.26. The Morgan fingerprint density at radius 3 is 2.50 bits per heavy atom. The fourth-order valence-corrected chi connectivity index (χ4v) is 2.19. The maximum Gasteiger partial charge on any atom is 0.165 e. The fraction of sp³-hybridized carbons (Fsp3) is 0.133. The largest absolute Gasteiger partial charge is 0.485 e. The van der Waals surface area contributed by atoms with Crippen molar-refractivity contribution in [1.82, 2.24) is 0 Å². The Bertz CT molecular complexity index is 667. The minimum Gasteiger partial charge on any atom is -0.485 e. The molecule has 0 fully saturated rings. The molecule has 0 saturated carbocycles. The van der Waals surface area contributed by atoms with Gasteiger partial charge in [0.2, 0.25) is 0 Å². The van der Waals surface area contributed by atoms with E-state index in [0.29, 0.717) is 10.9 Å². The van der Waals surface area contributed by atoms with Gasteiger partial charge in [-0.2, -0.15) is 5.26 Å². The number of nitriles is 1. The first kappa shape index (κ1) is 14.5. The number of halogens is 3. The van der Waals surface area contributed by atoms with Gasteiger partial charge in [0.1, 0.15) is 18.5 Å². The van der Waals surface area contributed by atoms with E-state index in [4.69, 9.17) is 10.00 Å². The molecule has 0 saturated heterocycles. The van der Waals surface area contributed by atoms with Crippen LogP contribution in [0.3, 0.4) is 0 Å². The Morgan fingerprint density at radius 2 is 1.80 bits per heavy atom. The molecule has 0 aliphatic carbocycles. The predicted octanol–water partition coefficient (Wildman–Crippen LogP) is 4.31. The number of para-hydroxylation sites is 1. The number of alkyl halides is 1. The molecule has 0 aliphatic rings. The lowest BCUT2D eigenvalue weighted by atomic mass is 10.1. The lowest BCUT2D eigenvalue weighted by Gasteiger charge is -2.11. The average Bonchev–Trinajstić information content (AvgIpc) is 2.47. The summed E-state index contributed by atoms with van der Waals surface area (Å²) in [5, 5.41) is 9.19. The summed E-state index contributed by atoms with van der Waals surface area (Å²) >= 11 is 3.24. The number of hydrogen-bond donors (Lipinski definition) is 0. The van der Waals surface area contributed by atoms with Crippen molar-refractivity contribution in [2.75, 3.05) is 0 Å². The minimum absolute atomic E-state index is 0.0552. The van der Waals surface area contributed by atoms with Gasteiger partial charge in [0.15, 0.2) is 11.6 Å². The lowest BCUT2D eigenvalue weighted by molar-refractivity contribution is 0.282. The maximum absolute atomic E-state index is 13.9. The summed E-state index contributed by atoms with van der Waals surface area (Å²) in [7, 11) is 0. The topological polar surface area (TPSA) is 33.0 Å². The smallest absolute Gasteiger partial charge is 0.165 e. The maximum atomic E-state index is 13.9. The van der Waals surface area contributed by atoms with Gasteiger partial charge < -0.3 is 4.74 Å². The summed E-state index contributed by atoms with van der Waals surface area (Å²) in [6.45, 7) is -0.137. The third kappa shape index (κ3) is 2.97. The van der Waals surface area contributed by atoms with Crippen LogP contribution in [0.25, 0.3) is 0 Å². The quantitative estimate of drug-likeness (QED) is 0.779. The number of hydrogen-bond acceptors (Lipinski definition) is 2. The number of ether oxygens (including phenoxy) is 1. The first-order chi connectivity index (χ1) is 9.67. The van der Waals surface area contributed by atoms with Crippen LogP contribution in [0.1, 0.15) is 16.7 Å². The van der Waals surface area contributed by atoms with E-state index in [-0.39, 0.29) is 23.5 Å². The Balaban J connectivity index is 2.24. The second kappa shape index (κ2) is 6.49. The third-order valence-corrected chi connectivity index (χ3v) is 3.37. The third-order valence-electron chi connectivity index (χ3n) is 2.76. The molecule has 20 heavy (non-hydrogen) atoms. The lowest BCUT2D eigenvalue weighted by Crippen LogP contribution is -2.03. The van der Waals surface area contributed by atoms with E-state index in [9.17, 15) is 8.78 Å². The zero-order valence-electron chi connectivity index (χ0n) is 10.4. The van der Waals surface area contributed by atoms with Crippen molar-refractivity contribution >= 4 is 15.9 Å². The van der Waals surface area contributed by atoms with Crippen molar-refractivity contribution in [2.45, 2.75) is 11.9 Å². The van der Waals surface area contributed by atoms with Crippen LogP contribution in [0.2, 0.25) is 0 Å². The van der Waals surface area contributed by atoms with Gasteiger partial charge in [-0.05, 0) is 12.1 Å². The van der Waals surface area contributed by atoms with E-state index >= 15 is 0 Å². The Labute approximate surface area is 123 Å². The van der Waals surface area contributed by atoms with Gasteiger partial charge in [-0.1, -0.05) is 40.2 Å². The molecule has 0 N–H and O–H groups in total. The highest BCUT2D eigenvalue weighted by atomic mass is 79.9. The van der Waals surface area contributed by atoms with Crippen LogP contribution in [0.15, 0.2) is 36.4 Å². The van der Waals surface area contributed by atoms with Crippen LogP contribution in [0.4, 0.5) is 8.78 Å². The average molecular weight is 338 g/mol. The first-order valence-electron chi connectivity index (χ1n) is 5.81. The predicted molar refractivity (Wildman–Crippen MR) is 74.5 cm³/mol. The Morgan fingerprint density at radius 1 is 1.10 bits per heavy atom. The summed E-state index contributed by atoms with van der Waals surface area (Å²) in [5.41, 5.74) is 0.801. The van der Waals surface area contributed by atoms with E-state index in [0.717, 1.165) is 0 Å². The molecule has 0 radical (unpaired) electrons. The van der Waals surface area contributed by atoms with E-state index in [1.807, 2.05) is 0 Å². The molecule has 0 bridgehead atoms. The van der Waals surface area contributed by atoms with Gasteiger partial charge in [-0.3, -0.25) is 0 Å². The molecule has 2 aromatic rings. The Hall–Kier alpha value is -1.93. The normalized spacial score (nSPS) is 10.1. The van der Waals surface area contributed by atoms with E-state index < -0.39 is 11.6 Å². The molecule has 2 nitrogen and oxygen atoms in total. The van der Waals surface area contributed by atoms with Crippen LogP contribution >= 0.6 is 15.9 Å². The molecule has 102 valence electrons. The SMILES string of the molecule is N#Cc1cccc(COc2c(F)cccc2CBr)c1F. The molecule has 0 atom stereocenters. The van der Waals surface area contributed by atoms with E-state index in [1.54, 1.807) is 24.3 Å². The van der Waals surface area contributed by atoms with Crippen LogP contribution in [0.5, 0.6) is 5.75 Å². The summed E-state index contributed by atoms with van der Waals surface area (Å²) < 4.78 is 32.9. The van der Waals surface area contributed by atoms with Crippen molar-refractivity contribution in [3.05, 3.63) is 64.7 Å². The molecular weight excluding hydrogens is 328 g/mol. The molecule has 0 heterocycles. The molecule has 0 spiro atoms.